The van der Waals surface area contributed by atoms with E-state index in [-0.39, 0.29) is 49.2 Å². The topological polar surface area (TPSA) is 182 Å². The largest absolute Gasteiger partial charge is 0.514 e. The van der Waals surface area contributed by atoms with E-state index in [0.717, 1.165) is 88.3 Å². The van der Waals surface area contributed by atoms with Crippen molar-refractivity contribution in [2.24, 2.45) is 46.3 Å². The Hall–Kier alpha value is -8.07. The molecule has 11 atom stereocenters. The second kappa shape index (κ2) is 36.9. The second-order valence-electron chi connectivity index (χ2n) is 30.8. The van der Waals surface area contributed by atoms with Gasteiger partial charge >= 0.3 is 6.16 Å². The van der Waals surface area contributed by atoms with E-state index >= 15 is 0 Å². The van der Waals surface area contributed by atoms with Crippen molar-refractivity contribution in [3.63, 3.8) is 0 Å². The zero-order valence-electron chi connectivity index (χ0n) is 62.1. The molecule has 4 amide bonds. The summed E-state index contributed by atoms with van der Waals surface area (Å²) in [5.41, 5.74) is 8.01. The standard InChI is InChI=1S/C88H115N5O9/c1-9-62(4)66-34-41-74(42-35-66)102-85(98)101-60-65-32-39-71(40-33-65)92-84(97)80(31-19-20-55-90-88(67-27-15-11-16-28-67,68-29-17-12-18-30-68)69-36-43-73(99-8)44-37-69)93-83(96)59-72(57-64-25-13-10-14-26-64)91-82(95)49-48-81(94)89-54-22-56-100-75-50-52-86(6)70(58-75)38-45-76-78-47-46-77(63(5)24-21-23-61(2)3)87(78,7)53-51-79(76)86/h10-18,25-30,32-44,61-63,72,75-80,90H,9,19-24,31,45-60H2,1-8H3,(H,89,94)(H,91,95)(H,92,97)(H,93,96). The van der Waals surface area contributed by atoms with Gasteiger partial charge in [-0.25, -0.2) is 4.79 Å². The summed E-state index contributed by atoms with van der Waals surface area (Å²) >= 11 is 0. The van der Waals surface area contributed by atoms with E-state index < -0.39 is 35.6 Å². The van der Waals surface area contributed by atoms with E-state index in [2.05, 4.69) is 118 Å². The third-order valence-corrected chi connectivity index (χ3v) is 23.7. The molecule has 5 N–H and O–H groups in total. The highest BCUT2D eigenvalue weighted by Gasteiger charge is 2.59. The van der Waals surface area contributed by atoms with Crippen LogP contribution in [0.25, 0.3) is 0 Å². The molecule has 4 aliphatic carbocycles. The molecule has 14 nitrogen and oxygen atoms in total. The maximum Gasteiger partial charge on any atom is 0.514 e. The van der Waals surface area contributed by atoms with E-state index in [9.17, 15) is 24.0 Å². The lowest BCUT2D eigenvalue weighted by Crippen LogP contribution is -2.51. The fraction of sp³-hybridized carbons (Fsp3) is 0.511. The zero-order chi connectivity index (χ0) is 72.1. The minimum Gasteiger partial charge on any atom is -0.497 e. The molecule has 0 aromatic heterocycles. The highest BCUT2D eigenvalue weighted by molar-refractivity contribution is 5.97. The summed E-state index contributed by atoms with van der Waals surface area (Å²) in [6.07, 6.45) is 19.5. The number of methoxy groups -OCH3 is 1. The molecule has 0 aliphatic heterocycles. The first kappa shape index (κ1) is 76.6. The fourth-order valence-electron chi connectivity index (χ4n) is 17.8. The van der Waals surface area contributed by atoms with Gasteiger partial charge in [0, 0.05) is 44.1 Å². The summed E-state index contributed by atoms with van der Waals surface area (Å²) in [6, 6.07) is 51.2. The Balaban J connectivity index is 0.722. The summed E-state index contributed by atoms with van der Waals surface area (Å²) in [6.45, 7) is 18.3. The first-order chi connectivity index (χ1) is 49.4. The number of ether oxygens (including phenoxy) is 4. The Morgan fingerprint density at radius 2 is 1.28 bits per heavy atom. The lowest BCUT2D eigenvalue weighted by Gasteiger charge is -2.58. The summed E-state index contributed by atoms with van der Waals surface area (Å²) in [5.74, 6) is 5.03. The first-order valence-electron chi connectivity index (χ1n) is 38.4. The minimum atomic E-state index is -0.959. The lowest BCUT2D eigenvalue weighted by molar-refractivity contribution is -0.128. The van der Waals surface area contributed by atoms with Crippen molar-refractivity contribution in [2.45, 2.75) is 213 Å². The van der Waals surface area contributed by atoms with Gasteiger partial charge in [-0.3, -0.25) is 24.5 Å². The van der Waals surface area contributed by atoms with Crippen LogP contribution in [0.2, 0.25) is 0 Å². The molecule has 0 saturated heterocycles. The van der Waals surface area contributed by atoms with Gasteiger partial charge in [0.1, 0.15) is 24.1 Å². The van der Waals surface area contributed by atoms with Crippen LogP contribution in [0.5, 0.6) is 11.5 Å². The number of nitrogens with one attached hydrogen (secondary N) is 5. The van der Waals surface area contributed by atoms with Crippen molar-refractivity contribution in [3.8, 4) is 11.5 Å². The lowest BCUT2D eigenvalue weighted by atomic mass is 9.47. The highest BCUT2D eigenvalue weighted by atomic mass is 16.7. The molecule has 6 aromatic rings. The number of hydrogen-bond donors (Lipinski definition) is 5. The molecule has 11 unspecified atom stereocenters. The maximum atomic E-state index is 14.5. The van der Waals surface area contributed by atoms with E-state index in [1.807, 2.05) is 91.0 Å². The van der Waals surface area contributed by atoms with Gasteiger partial charge in [0.15, 0.2) is 0 Å². The summed E-state index contributed by atoms with van der Waals surface area (Å²) < 4.78 is 23.0. The Morgan fingerprint density at radius 3 is 1.96 bits per heavy atom. The number of fused-ring (bicyclic) bond motifs is 5. The van der Waals surface area contributed by atoms with Crippen LogP contribution in [0.15, 0.2) is 175 Å². The normalized spacial score (nSPS) is 21.9. The molecule has 3 fully saturated rings. The molecule has 4 aliphatic rings. The first-order valence-corrected chi connectivity index (χ1v) is 38.4. The molecule has 0 radical (unpaired) electrons. The van der Waals surface area contributed by atoms with E-state index in [4.69, 9.17) is 18.9 Å². The number of unbranched alkanes of at least 4 members (excludes halogenated alkanes) is 1. The number of carbonyl (C=O) groups excluding carboxylic acids is 5. The SMILES string of the molecule is CCC(C)c1ccc(OC(=O)OCc2ccc(NC(=O)C(CCCCNC(c3ccccc3)(c3ccccc3)c3ccc(OC)cc3)NC(=O)CC(Cc3ccccc3)NC(=O)CCC(=O)NCCCOC3CCC4(C)C(=CCC5C4CCC4(C)C(C(C)CCCC(C)C)CCC54)C3)cc2)cc1. The third-order valence-electron chi connectivity index (χ3n) is 23.7. The van der Waals surface area contributed by atoms with Gasteiger partial charge < -0.3 is 40.2 Å². The van der Waals surface area contributed by atoms with Crippen molar-refractivity contribution in [1.29, 1.82) is 0 Å². The van der Waals surface area contributed by atoms with Crippen LogP contribution >= 0.6 is 0 Å². The molecule has 0 spiro atoms. The molecule has 0 bridgehead atoms. The molecule has 6 aromatic carbocycles. The van der Waals surface area contributed by atoms with Crippen LogP contribution < -0.4 is 36.1 Å². The number of rotatable bonds is 36. The van der Waals surface area contributed by atoms with Gasteiger partial charge in [-0.1, -0.05) is 207 Å². The van der Waals surface area contributed by atoms with Crippen LogP contribution in [0, 0.1) is 46.3 Å². The van der Waals surface area contributed by atoms with Crippen LogP contribution in [-0.4, -0.2) is 74.8 Å². The van der Waals surface area contributed by atoms with Gasteiger partial charge in [0.05, 0.1) is 18.8 Å². The Kier molecular flexibility index (Phi) is 27.7. The molecule has 10 rings (SSSR count). The van der Waals surface area contributed by atoms with Crippen LogP contribution in [0.3, 0.4) is 0 Å². The smallest absolute Gasteiger partial charge is 0.497 e. The maximum absolute atomic E-state index is 14.5. The third kappa shape index (κ3) is 20.0. The fourth-order valence-corrected chi connectivity index (χ4v) is 17.8. The number of carbonyl (C=O) groups is 5. The van der Waals surface area contributed by atoms with E-state index in [1.54, 1.807) is 49.1 Å². The van der Waals surface area contributed by atoms with Gasteiger partial charge in [-0.05, 0) is 218 Å². The van der Waals surface area contributed by atoms with Crippen molar-refractivity contribution >= 4 is 35.5 Å². The molecular weight excluding hydrogens is 1270 g/mol. The van der Waals surface area contributed by atoms with Crippen molar-refractivity contribution in [3.05, 3.63) is 209 Å². The second-order valence-corrected chi connectivity index (χ2v) is 30.8. The quantitative estimate of drug-likeness (QED) is 0.00834. The molecule has 0 heterocycles. The summed E-state index contributed by atoms with van der Waals surface area (Å²) in [4.78, 5) is 68.8. The Labute approximate surface area is 608 Å². The predicted octanol–water partition coefficient (Wildman–Crippen LogP) is 17.9. The number of amides is 4. The van der Waals surface area contributed by atoms with Crippen LogP contribution in [0.4, 0.5) is 10.5 Å². The predicted molar refractivity (Wildman–Crippen MR) is 407 cm³/mol. The molecule has 102 heavy (non-hydrogen) atoms. The number of anilines is 1. The Morgan fingerprint density at radius 1 is 0.618 bits per heavy atom. The number of benzene rings is 6. The monoisotopic (exact) mass is 1390 g/mol. The average Bonchev–Trinajstić information content (AvgIpc) is 1.45. The summed E-state index contributed by atoms with van der Waals surface area (Å²) in [7, 11) is 1.66. The minimum absolute atomic E-state index is 0.00432. The van der Waals surface area contributed by atoms with Crippen molar-refractivity contribution in [2.75, 3.05) is 32.1 Å². The van der Waals surface area contributed by atoms with E-state index in [0.29, 0.717) is 80.1 Å². The zero-order valence-corrected chi connectivity index (χ0v) is 62.1. The highest BCUT2D eigenvalue weighted by Crippen LogP contribution is 2.67. The van der Waals surface area contributed by atoms with Gasteiger partial charge in [0.25, 0.3) is 0 Å². The van der Waals surface area contributed by atoms with Crippen LogP contribution in [-0.2, 0) is 47.2 Å². The summed E-state index contributed by atoms with van der Waals surface area (Å²) in [5, 5.41) is 16.1. The Bertz CT molecular complexity index is 3620. The number of hydrogen-bond acceptors (Lipinski definition) is 10. The average molecular weight is 1390 g/mol. The van der Waals surface area contributed by atoms with Crippen molar-refractivity contribution < 1.29 is 42.9 Å². The van der Waals surface area contributed by atoms with Gasteiger partial charge in [-0.15, -0.1) is 0 Å². The number of allylic oxidation sites excluding steroid dienone is 1. The van der Waals surface area contributed by atoms with Crippen molar-refractivity contribution in [1.82, 2.24) is 21.3 Å². The molecule has 546 valence electrons. The van der Waals surface area contributed by atoms with E-state index in [1.165, 1.54) is 57.8 Å². The molecule has 14 heteroatoms. The molecular formula is C88H115N5O9. The van der Waals surface area contributed by atoms with Crippen LogP contribution in [0.1, 0.15) is 210 Å². The molecule has 3 saturated carbocycles. The van der Waals surface area contributed by atoms with Gasteiger partial charge in [0.2, 0.25) is 23.6 Å². The van der Waals surface area contributed by atoms with Gasteiger partial charge in [-0.2, -0.15) is 0 Å².